The molecule has 1 aromatic heterocycles. The summed E-state index contributed by atoms with van der Waals surface area (Å²) in [4.78, 5) is 30.2. The quantitative estimate of drug-likeness (QED) is 0.214. The van der Waals surface area contributed by atoms with Crippen molar-refractivity contribution in [1.29, 1.82) is 0 Å². The molecule has 0 saturated carbocycles. The van der Waals surface area contributed by atoms with E-state index in [-0.39, 0.29) is 22.0 Å². The van der Waals surface area contributed by atoms with Crippen LogP contribution in [0.2, 0.25) is 5.02 Å². The number of halogens is 3. The number of ether oxygens (including phenoxy) is 1. The van der Waals surface area contributed by atoms with Gasteiger partial charge >= 0.3 is 0 Å². The van der Waals surface area contributed by atoms with Gasteiger partial charge in [0.2, 0.25) is 0 Å². The molecule has 1 N–H and O–H groups in total. The number of rotatable bonds is 7. The zero-order chi connectivity index (χ0) is 27.4. The van der Waals surface area contributed by atoms with E-state index in [1.807, 2.05) is 36.4 Å². The molecule has 5 aromatic rings. The molecule has 1 amide bonds. The number of nitrogens with zero attached hydrogens (tertiary/aromatic N) is 3. The molecule has 5 rings (SSSR count). The first kappa shape index (κ1) is 26.3. The molecule has 0 aliphatic carbocycles. The van der Waals surface area contributed by atoms with Crippen molar-refractivity contribution < 1.29 is 13.9 Å². The van der Waals surface area contributed by atoms with E-state index in [4.69, 9.17) is 16.3 Å². The summed E-state index contributed by atoms with van der Waals surface area (Å²) in [6, 6.07) is 25.5. The number of anilines is 1. The van der Waals surface area contributed by atoms with Gasteiger partial charge in [0.15, 0.2) is 18.2 Å². The van der Waals surface area contributed by atoms with Crippen LogP contribution in [0.1, 0.15) is 5.56 Å². The Bertz CT molecular complexity index is 1750. The Balaban J connectivity index is 1.40. The largest absolute Gasteiger partial charge is 0.481 e. The zero-order valence-electron chi connectivity index (χ0n) is 20.1. The number of para-hydroxylation sites is 2. The number of carbonyl (C=O) groups excluding carboxylic acids is 1. The average molecular weight is 606 g/mol. The summed E-state index contributed by atoms with van der Waals surface area (Å²) in [5, 5.41) is 7.53. The van der Waals surface area contributed by atoms with E-state index in [1.54, 1.807) is 36.4 Å². The standard InChI is InChI=1S/C29H19BrClFN4O3/c30-21-14-18(15-22(31)27(21)39-17-26(37)34-25-13-7-5-11-23(25)32)16-33-36-28(19-8-2-1-3-9-19)35-24-12-6-4-10-20(24)29(36)38/h1-16H,17H2,(H,34,37). The Morgan fingerprint density at radius 3 is 2.54 bits per heavy atom. The van der Waals surface area contributed by atoms with Crippen LogP contribution in [0.4, 0.5) is 10.1 Å². The van der Waals surface area contributed by atoms with Crippen molar-refractivity contribution in [1.82, 2.24) is 9.66 Å². The maximum absolute atomic E-state index is 13.8. The molecular weight excluding hydrogens is 587 g/mol. The first-order valence-electron chi connectivity index (χ1n) is 11.7. The van der Waals surface area contributed by atoms with Crippen molar-refractivity contribution in [3.05, 3.63) is 122 Å². The predicted molar refractivity (Wildman–Crippen MR) is 154 cm³/mol. The summed E-state index contributed by atoms with van der Waals surface area (Å²) in [7, 11) is 0. The minimum atomic E-state index is -0.551. The minimum Gasteiger partial charge on any atom is -0.481 e. The van der Waals surface area contributed by atoms with E-state index in [9.17, 15) is 14.0 Å². The Labute approximate surface area is 235 Å². The molecular formula is C29H19BrClFN4O3. The van der Waals surface area contributed by atoms with Gasteiger partial charge in [0.05, 0.1) is 32.3 Å². The van der Waals surface area contributed by atoms with Gasteiger partial charge in [0.25, 0.3) is 11.5 Å². The fraction of sp³-hybridized carbons (Fsp3) is 0.0345. The van der Waals surface area contributed by atoms with Crippen LogP contribution >= 0.6 is 27.5 Å². The van der Waals surface area contributed by atoms with Gasteiger partial charge in [-0.05, 0) is 57.9 Å². The SMILES string of the molecule is O=C(COc1c(Cl)cc(C=Nn2c(-c3ccccc3)nc3ccccc3c2=O)cc1Br)Nc1ccccc1F. The normalized spacial score (nSPS) is 11.2. The lowest BCUT2D eigenvalue weighted by atomic mass is 10.2. The average Bonchev–Trinajstić information content (AvgIpc) is 2.94. The lowest BCUT2D eigenvalue weighted by Crippen LogP contribution is -2.21. The Morgan fingerprint density at radius 1 is 1.05 bits per heavy atom. The molecule has 0 spiro atoms. The fourth-order valence-electron chi connectivity index (χ4n) is 3.81. The van der Waals surface area contributed by atoms with Crippen molar-refractivity contribution in [3.63, 3.8) is 0 Å². The first-order valence-corrected chi connectivity index (χ1v) is 12.9. The topological polar surface area (TPSA) is 85.6 Å². The van der Waals surface area contributed by atoms with Crippen molar-refractivity contribution in [2.75, 3.05) is 11.9 Å². The van der Waals surface area contributed by atoms with Crippen LogP contribution in [0.3, 0.4) is 0 Å². The van der Waals surface area contributed by atoms with Gasteiger partial charge in [-0.2, -0.15) is 9.78 Å². The Morgan fingerprint density at radius 2 is 1.77 bits per heavy atom. The highest BCUT2D eigenvalue weighted by Crippen LogP contribution is 2.34. The summed E-state index contributed by atoms with van der Waals surface area (Å²) >= 11 is 9.84. The smallest absolute Gasteiger partial charge is 0.282 e. The predicted octanol–water partition coefficient (Wildman–Crippen LogP) is 6.52. The molecule has 0 bridgehead atoms. The third-order valence-corrected chi connectivity index (χ3v) is 6.49. The lowest BCUT2D eigenvalue weighted by Gasteiger charge is -2.12. The zero-order valence-corrected chi connectivity index (χ0v) is 22.5. The maximum Gasteiger partial charge on any atom is 0.282 e. The van der Waals surface area contributed by atoms with Crippen molar-refractivity contribution in [2.24, 2.45) is 5.10 Å². The molecule has 0 radical (unpaired) electrons. The number of nitrogens with one attached hydrogen (secondary N) is 1. The van der Waals surface area contributed by atoms with E-state index in [0.29, 0.717) is 26.8 Å². The molecule has 0 atom stereocenters. The second-order valence-electron chi connectivity index (χ2n) is 8.31. The van der Waals surface area contributed by atoms with Gasteiger partial charge < -0.3 is 10.1 Å². The Hall–Kier alpha value is -4.34. The number of carbonyl (C=O) groups is 1. The fourth-order valence-corrected chi connectivity index (χ4v) is 4.80. The van der Waals surface area contributed by atoms with E-state index >= 15 is 0 Å². The van der Waals surface area contributed by atoms with E-state index in [2.05, 4.69) is 31.3 Å². The summed E-state index contributed by atoms with van der Waals surface area (Å²) in [6.07, 6.45) is 1.48. The van der Waals surface area contributed by atoms with E-state index in [0.717, 1.165) is 5.56 Å². The van der Waals surface area contributed by atoms with Crippen LogP contribution in [0.25, 0.3) is 22.3 Å². The number of benzene rings is 4. The monoisotopic (exact) mass is 604 g/mol. The highest BCUT2D eigenvalue weighted by Gasteiger charge is 2.14. The molecule has 1 heterocycles. The molecule has 0 unspecified atom stereocenters. The molecule has 194 valence electrons. The van der Waals surface area contributed by atoms with Crippen LogP contribution in [0.5, 0.6) is 5.75 Å². The van der Waals surface area contributed by atoms with Crippen LogP contribution < -0.4 is 15.6 Å². The number of hydrogen-bond donors (Lipinski definition) is 1. The molecule has 0 saturated heterocycles. The molecule has 10 heteroatoms. The second-order valence-corrected chi connectivity index (χ2v) is 9.57. The summed E-state index contributed by atoms with van der Waals surface area (Å²) in [5.41, 5.74) is 1.60. The van der Waals surface area contributed by atoms with Crippen LogP contribution in [0.15, 0.2) is 105 Å². The first-order chi connectivity index (χ1) is 18.9. The third-order valence-electron chi connectivity index (χ3n) is 5.62. The van der Waals surface area contributed by atoms with Gasteiger partial charge in [0.1, 0.15) is 5.82 Å². The second kappa shape index (κ2) is 11.6. The van der Waals surface area contributed by atoms with Crippen molar-refractivity contribution in [3.8, 4) is 17.1 Å². The highest BCUT2D eigenvalue weighted by atomic mass is 79.9. The number of fused-ring (bicyclic) bond motifs is 1. The van der Waals surface area contributed by atoms with Crippen molar-refractivity contribution >= 4 is 56.2 Å². The van der Waals surface area contributed by atoms with Crippen LogP contribution in [-0.2, 0) is 4.79 Å². The third kappa shape index (κ3) is 5.89. The molecule has 0 fully saturated rings. The molecule has 0 aliphatic rings. The van der Waals surface area contributed by atoms with Gasteiger partial charge in [-0.1, -0.05) is 66.2 Å². The number of amides is 1. The van der Waals surface area contributed by atoms with Gasteiger partial charge in [0, 0.05) is 5.56 Å². The van der Waals surface area contributed by atoms with E-state index in [1.165, 1.54) is 29.1 Å². The van der Waals surface area contributed by atoms with Gasteiger partial charge in [-0.15, -0.1) is 0 Å². The minimum absolute atomic E-state index is 0.0520. The van der Waals surface area contributed by atoms with E-state index < -0.39 is 18.3 Å². The summed E-state index contributed by atoms with van der Waals surface area (Å²) in [6.45, 7) is -0.390. The maximum atomic E-state index is 13.8. The van der Waals surface area contributed by atoms with Gasteiger partial charge in [-0.3, -0.25) is 9.59 Å². The molecule has 7 nitrogen and oxygen atoms in total. The Kier molecular flexibility index (Phi) is 7.81. The summed E-state index contributed by atoms with van der Waals surface area (Å²) in [5.74, 6) is -0.483. The molecule has 39 heavy (non-hydrogen) atoms. The molecule has 0 aliphatic heterocycles. The molecule has 4 aromatic carbocycles. The van der Waals surface area contributed by atoms with Crippen LogP contribution in [-0.4, -0.2) is 28.4 Å². The number of aromatic nitrogens is 2. The van der Waals surface area contributed by atoms with Crippen LogP contribution in [0, 0.1) is 5.82 Å². The lowest BCUT2D eigenvalue weighted by molar-refractivity contribution is -0.118. The summed E-state index contributed by atoms with van der Waals surface area (Å²) < 4.78 is 21.1. The van der Waals surface area contributed by atoms with Gasteiger partial charge in [-0.25, -0.2) is 9.37 Å². The number of hydrogen-bond acceptors (Lipinski definition) is 5. The van der Waals surface area contributed by atoms with Crippen molar-refractivity contribution in [2.45, 2.75) is 0 Å². The highest BCUT2D eigenvalue weighted by molar-refractivity contribution is 9.10.